The van der Waals surface area contributed by atoms with Crippen LogP contribution in [0.4, 0.5) is 0 Å². The van der Waals surface area contributed by atoms with Gasteiger partial charge in [-0.3, -0.25) is 4.79 Å². The number of aryl methyl sites for hydroxylation is 1. The lowest BCUT2D eigenvalue weighted by atomic mass is 10.1. The number of carbonyl (C=O) groups is 1. The second-order valence-electron chi connectivity index (χ2n) is 9.04. The molecule has 0 aliphatic heterocycles. The number of hydrogen-bond donors (Lipinski definition) is 0. The van der Waals surface area contributed by atoms with Gasteiger partial charge in [0.2, 0.25) is 15.9 Å². The van der Waals surface area contributed by atoms with Crippen LogP contribution >= 0.6 is 11.3 Å². The molecule has 5 nitrogen and oxygen atoms in total. The quantitative estimate of drug-likeness (QED) is 0.298. The monoisotopic (exact) mass is 504 g/mol. The summed E-state index contributed by atoms with van der Waals surface area (Å²) in [6, 6.07) is 26.7. The van der Waals surface area contributed by atoms with Crippen molar-refractivity contribution in [2.45, 2.75) is 43.8 Å². The molecule has 1 aliphatic rings. The van der Waals surface area contributed by atoms with Crippen LogP contribution in [0.3, 0.4) is 0 Å². The van der Waals surface area contributed by atoms with Gasteiger partial charge in [0.25, 0.3) is 0 Å². The number of amides is 1. The van der Waals surface area contributed by atoms with Crippen molar-refractivity contribution in [1.82, 2.24) is 9.21 Å². The van der Waals surface area contributed by atoms with E-state index >= 15 is 0 Å². The molecule has 7 heteroatoms. The number of benzene rings is 3. The fourth-order valence-electron chi connectivity index (χ4n) is 4.26. The Morgan fingerprint density at radius 2 is 1.60 bits per heavy atom. The van der Waals surface area contributed by atoms with Crippen molar-refractivity contribution in [2.75, 3.05) is 6.54 Å². The number of nitrogens with zero attached hydrogens (tertiary/aromatic N) is 2. The van der Waals surface area contributed by atoms with E-state index < -0.39 is 10.0 Å². The van der Waals surface area contributed by atoms with Gasteiger partial charge in [0.1, 0.15) is 0 Å². The average Bonchev–Trinajstić information content (AvgIpc) is 3.62. The van der Waals surface area contributed by atoms with Crippen LogP contribution in [0.1, 0.15) is 28.2 Å². The summed E-state index contributed by atoms with van der Waals surface area (Å²) < 4.78 is 28.8. The fourth-order valence-corrected chi connectivity index (χ4v) is 6.84. The van der Waals surface area contributed by atoms with E-state index in [-0.39, 0.29) is 23.4 Å². The van der Waals surface area contributed by atoms with Crippen LogP contribution < -0.4 is 0 Å². The Balaban J connectivity index is 1.42. The van der Waals surface area contributed by atoms with Crippen LogP contribution in [0.5, 0.6) is 0 Å². The Hall–Kier alpha value is -3.00. The first-order valence-electron chi connectivity index (χ1n) is 11.8. The van der Waals surface area contributed by atoms with E-state index in [4.69, 9.17) is 0 Å². The molecule has 0 radical (unpaired) electrons. The van der Waals surface area contributed by atoms with Crippen LogP contribution in [0.25, 0.3) is 10.8 Å². The lowest BCUT2D eigenvalue weighted by Gasteiger charge is -2.27. The molecule has 1 aromatic heterocycles. The smallest absolute Gasteiger partial charge is 0.243 e. The maximum absolute atomic E-state index is 13.7. The second-order valence-corrected chi connectivity index (χ2v) is 12.3. The molecule has 0 saturated heterocycles. The SMILES string of the molecule is Cc1ccc(CN(Cc2ccccc2)C(=O)CN(C2CC2)S(=O)(=O)c2ccc3ccccc3c2)s1. The van der Waals surface area contributed by atoms with Crippen LogP contribution in [0, 0.1) is 6.92 Å². The van der Waals surface area contributed by atoms with Gasteiger partial charge in [-0.2, -0.15) is 4.31 Å². The first kappa shape index (κ1) is 23.7. The molecule has 0 unspecified atom stereocenters. The molecule has 1 aliphatic carbocycles. The minimum absolute atomic E-state index is 0.127. The molecule has 0 bridgehead atoms. The Morgan fingerprint density at radius 1 is 0.886 bits per heavy atom. The van der Waals surface area contributed by atoms with E-state index in [1.807, 2.05) is 79.7 Å². The molecular formula is C28H28N2O3S2. The van der Waals surface area contributed by atoms with Gasteiger partial charge in [0.15, 0.2) is 0 Å². The van der Waals surface area contributed by atoms with E-state index in [1.165, 1.54) is 9.18 Å². The van der Waals surface area contributed by atoms with Crippen molar-refractivity contribution in [3.05, 3.63) is 100 Å². The Kier molecular flexibility index (Phi) is 6.73. The molecule has 5 rings (SSSR count). The molecule has 1 heterocycles. The van der Waals surface area contributed by atoms with Crippen LogP contribution in [0.15, 0.2) is 89.8 Å². The van der Waals surface area contributed by atoms with Crippen LogP contribution in [0.2, 0.25) is 0 Å². The molecular weight excluding hydrogens is 476 g/mol. The lowest BCUT2D eigenvalue weighted by molar-refractivity contribution is -0.132. The molecule has 1 fully saturated rings. The van der Waals surface area contributed by atoms with E-state index in [0.29, 0.717) is 13.1 Å². The Bertz CT molecular complexity index is 1440. The van der Waals surface area contributed by atoms with Gasteiger partial charge in [-0.15, -0.1) is 11.3 Å². The predicted molar refractivity (Wildman–Crippen MR) is 141 cm³/mol. The van der Waals surface area contributed by atoms with Gasteiger partial charge >= 0.3 is 0 Å². The molecule has 4 aromatic rings. The van der Waals surface area contributed by atoms with Gasteiger partial charge in [0.05, 0.1) is 18.0 Å². The summed E-state index contributed by atoms with van der Waals surface area (Å²) in [6.45, 7) is 2.78. The Morgan fingerprint density at radius 3 is 2.29 bits per heavy atom. The summed E-state index contributed by atoms with van der Waals surface area (Å²) in [5.74, 6) is -0.184. The number of rotatable bonds is 9. The number of carbonyl (C=O) groups excluding carboxylic acids is 1. The third kappa shape index (κ3) is 5.48. The van der Waals surface area contributed by atoms with Gasteiger partial charge in [-0.25, -0.2) is 8.42 Å². The van der Waals surface area contributed by atoms with Crippen molar-refractivity contribution in [3.8, 4) is 0 Å². The zero-order valence-corrected chi connectivity index (χ0v) is 21.3. The number of sulfonamides is 1. The first-order valence-corrected chi connectivity index (χ1v) is 14.0. The fraction of sp³-hybridized carbons (Fsp3) is 0.250. The van der Waals surface area contributed by atoms with E-state index in [0.717, 1.165) is 34.1 Å². The molecule has 0 atom stereocenters. The number of thiophene rings is 1. The summed E-state index contributed by atoms with van der Waals surface area (Å²) >= 11 is 1.66. The van der Waals surface area contributed by atoms with Gasteiger partial charge in [-0.1, -0.05) is 60.7 Å². The highest BCUT2D eigenvalue weighted by molar-refractivity contribution is 7.89. The highest BCUT2D eigenvalue weighted by Gasteiger charge is 2.40. The zero-order chi connectivity index (χ0) is 24.4. The average molecular weight is 505 g/mol. The summed E-state index contributed by atoms with van der Waals surface area (Å²) in [4.78, 5) is 17.9. The third-order valence-corrected chi connectivity index (χ3v) is 9.16. The van der Waals surface area contributed by atoms with Crippen molar-refractivity contribution in [1.29, 1.82) is 0 Å². The summed E-state index contributed by atoms with van der Waals surface area (Å²) in [5, 5.41) is 1.86. The van der Waals surface area contributed by atoms with Crippen LogP contribution in [-0.2, 0) is 27.9 Å². The minimum atomic E-state index is -3.81. The highest BCUT2D eigenvalue weighted by Crippen LogP contribution is 2.33. The normalized spacial score (nSPS) is 13.9. The van der Waals surface area contributed by atoms with E-state index in [9.17, 15) is 13.2 Å². The standard InChI is InChI=1S/C28H28N2O3S2/c1-21-11-15-26(34-21)19-29(18-22-7-3-2-4-8-22)28(31)20-30(25-13-14-25)35(32,33)27-16-12-23-9-5-6-10-24(23)17-27/h2-12,15-17,25H,13-14,18-20H2,1H3. The summed E-state index contributed by atoms with van der Waals surface area (Å²) in [5.41, 5.74) is 1.02. The maximum Gasteiger partial charge on any atom is 0.243 e. The molecule has 0 N–H and O–H groups in total. The molecule has 180 valence electrons. The molecule has 1 saturated carbocycles. The molecule has 1 amide bonds. The first-order chi connectivity index (χ1) is 16.9. The van der Waals surface area contributed by atoms with Gasteiger partial charge in [-0.05, 0) is 60.4 Å². The number of fused-ring (bicyclic) bond motifs is 1. The topological polar surface area (TPSA) is 57.7 Å². The van der Waals surface area contributed by atoms with E-state index in [2.05, 4.69) is 0 Å². The molecule has 35 heavy (non-hydrogen) atoms. The Labute approximate surface area is 210 Å². The predicted octanol–water partition coefficient (Wildman–Crippen LogP) is 5.59. The molecule has 0 spiro atoms. The van der Waals surface area contributed by atoms with Crippen molar-refractivity contribution in [3.63, 3.8) is 0 Å². The summed E-state index contributed by atoms with van der Waals surface area (Å²) in [6.07, 6.45) is 1.56. The maximum atomic E-state index is 13.7. The van der Waals surface area contributed by atoms with Crippen molar-refractivity contribution < 1.29 is 13.2 Å². The van der Waals surface area contributed by atoms with Crippen LogP contribution in [-0.4, -0.2) is 36.1 Å². The highest BCUT2D eigenvalue weighted by atomic mass is 32.2. The summed E-state index contributed by atoms with van der Waals surface area (Å²) in [7, 11) is -3.81. The largest absolute Gasteiger partial charge is 0.332 e. The number of hydrogen-bond acceptors (Lipinski definition) is 4. The third-order valence-electron chi connectivity index (χ3n) is 6.28. The van der Waals surface area contributed by atoms with Gasteiger partial charge in [0, 0.05) is 22.3 Å². The van der Waals surface area contributed by atoms with Gasteiger partial charge < -0.3 is 4.90 Å². The van der Waals surface area contributed by atoms with Crippen molar-refractivity contribution >= 4 is 38.0 Å². The second kappa shape index (κ2) is 9.93. The lowest BCUT2D eigenvalue weighted by Crippen LogP contribution is -2.43. The van der Waals surface area contributed by atoms with E-state index in [1.54, 1.807) is 28.4 Å². The molecule has 3 aromatic carbocycles. The van der Waals surface area contributed by atoms with Crippen molar-refractivity contribution in [2.24, 2.45) is 0 Å². The zero-order valence-electron chi connectivity index (χ0n) is 19.6. The minimum Gasteiger partial charge on any atom is -0.332 e.